The van der Waals surface area contributed by atoms with Gasteiger partial charge < -0.3 is 15.1 Å². The molecule has 0 aromatic carbocycles. The zero-order chi connectivity index (χ0) is 11.7. The van der Waals surface area contributed by atoms with Crippen LogP contribution in [-0.2, 0) is 13.0 Å². The van der Waals surface area contributed by atoms with E-state index in [-0.39, 0.29) is 0 Å². The van der Waals surface area contributed by atoms with Crippen LogP contribution in [0.1, 0.15) is 11.3 Å². The van der Waals surface area contributed by atoms with Gasteiger partial charge in [0.1, 0.15) is 0 Å². The van der Waals surface area contributed by atoms with Gasteiger partial charge in [-0.25, -0.2) is 9.97 Å². The SMILES string of the molecule is CN1CCc2nc(N3CCNCC3)ncc2C1. The molecule has 5 heteroatoms. The van der Waals surface area contributed by atoms with Gasteiger partial charge >= 0.3 is 0 Å². The van der Waals surface area contributed by atoms with Crippen molar-refractivity contribution in [2.24, 2.45) is 0 Å². The lowest BCUT2D eigenvalue weighted by molar-refractivity contribution is 0.309. The van der Waals surface area contributed by atoms with Gasteiger partial charge in [-0.2, -0.15) is 0 Å². The molecule has 2 aliphatic rings. The molecule has 0 aliphatic carbocycles. The first-order valence-corrected chi connectivity index (χ1v) is 6.32. The smallest absolute Gasteiger partial charge is 0.225 e. The van der Waals surface area contributed by atoms with Crippen LogP contribution in [0.3, 0.4) is 0 Å². The normalized spacial score (nSPS) is 21.4. The van der Waals surface area contributed by atoms with Gasteiger partial charge in [0.25, 0.3) is 0 Å². The number of piperazine rings is 1. The highest BCUT2D eigenvalue weighted by atomic mass is 15.3. The average Bonchev–Trinajstić information content (AvgIpc) is 2.39. The topological polar surface area (TPSA) is 44.3 Å². The Hall–Kier alpha value is -1.20. The van der Waals surface area contributed by atoms with Crippen molar-refractivity contribution >= 4 is 5.95 Å². The average molecular weight is 233 g/mol. The maximum atomic E-state index is 4.73. The highest BCUT2D eigenvalue weighted by Gasteiger charge is 2.18. The Kier molecular flexibility index (Phi) is 2.94. The molecule has 1 N–H and O–H groups in total. The molecule has 5 nitrogen and oxygen atoms in total. The van der Waals surface area contributed by atoms with Crippen molar-refractivity contribution in [2.45, 2.75) is 13.0 Å². The van der Waals surface area contributed by atoms with E-state index in [4.69, 9.17) is 4.98 Å². The largest absolute Gasteiger partial charge is 0.338 e. The molecule has 0 amide bonds. The molecule has 0 atom stereocenters. The van der Waals surface area contributed by atoms with E-state index in [2.05, 4.69) is 27.1 Å². The van der Waals surface area contributed by atoms with Gasteiger partial charge in [-0.15, -0.1) is 0 Å². The van der Waals surface area contributed by atoms with E-state index in [0.717, 1.165) is 51.6 Å². The summed E-state index contributed by atoms with van der Waals surface area (Å²) in [7, 11) is 2.15. The minimum atomic E-state index is 0.912. The van der Waals surface area contributed by atoms with E-state index in [9.17, 15) is 0 Å². The lowest BCUT2D eigenvalue weighted by Gasteiger charge is -2.29. The van der Waals surface area contributed by atoms with E-state index < -0.39 is 0 Å². The second kappa shape index (κ2) is 4.58. The summed E-state index contributed by atoms with van der Waals surface area (Å²) in [6.45, 7) is 6.17. The van der Waals surface area contributed by atoms with Crippen molar-refractivity contribution < 1.29 is 0 Å². The molecule has 1 fully saturated rings. The van der Waals surface area contributed by atoms with Crippen molar-refractivity contribution in [2.75, 3.05) is 44.7 Å². The molecule has 3 heterocycles. The molecule has 1 saturated heterocycles. The van der Waals surface area contributed by atoms with E-state index in [1.807, 2.05) is 6.20 Å². The highest BCUT2D eigenvalue weighted by Crippen LogP contribution is 2.18. The number of rotatable bonds is 1. The summed E-state index contributed by atoms with van der Waals surface area (Å²) in [4.78, 5) is 13.8. The van der Waals surface area contributed by atoms with Crippen LogP contribution in [0.2, 0.25) is 0 Å². The van der Waals surface area contributed by atoms with Gasteiger partial charge in [0.2, 0.25) is 5.95 Å². The summed E-state index contributed by atoms with van der Waals surface area (Å²) in [5, 5.41) is 3.35. The Morgan fingerprint density at radius 2 is 2.06 bits per heavy atom. The first-order valence-electron chi connectivity index (χ1n) is 6.32. The van der Waals surface area contributed by atoms with Gasteiger partial charge in [-0.05, 0) is 7.05 Å². The maximum absolute atomic E-state index is 4.73. The molecule has 0 radical (unpaired) electrons. The van der Waals surface area contributed by atoms with E-state index in [1.54, 1.807) is 0 Å². The Labute approximate surface area is 102 Å². The summed E-state index contributed by atoms with van der Waals surface area (Å²) in [6, 6.07) is 0. The lowest BCUT2D eigenvalue weighted by Crippen LogP contribution is -2.44. The third kappa shape index (κ3) is 2.25. The summed E-state index contributed by atoms with van der Waals surface area (Å²) in [5.74, 6) is 0.912. The molecule has 0 bridgehead atoms. The summed E-state index contributed by atoms with van der Waals surface area (Å²) in [5.41, 5.74) is 2.53. The molecule has 92 valence electrons. The second-order valence-corrected chi connectivity index (χ2v) is 4.87. The van der Waals surface area contributed by atoms with E-state index in [1.165, 1.54) is 11.3 Å². The first-order chi connectivity index (χ1) is 8.33. The van der Waals surface area contributed by atoms with Gasteiger partial charge in [0, 0.05) is 57.4 Å². The standard InChI is InChI=1S/C12H19N5/c1-16-5-2-11-10(9-16)8-14-12(15-11)17-6-3-13-4-7-17/h8,13H,2-7,9H2,1H3. The van der Waals surface area contributed by atoms with Crippen molar-refractivity contribution in [3.8, 4) is 0 Å². The van der Waals surface area contributed by atoms with Gasteiger partial charge in [0.15, 0.2) is 0 Å². The van der Waals surface area contributed by atoms with Gasteiger partial charge in [-0.1, -0.05) is 0 Å². The van der Waals surface area contributed by atoms with Gasteiger partial charge in [-0.3, -0.25) is 0 Å². The number of hydrogen-bond acceptors (Lipinski definition) is 5. The summed E-state index contributed by atoms with van der Waals surface area (Å²) < 4.78 is 0. The predicted molar refractivity (Wildman–Crippen MR) is 67.2 cm³/mol. The molecule has 0 spiro atoms. The van der Waals surface area contributed by atoms with Crippen LogP contribution in [0.15, 0.2) is 6.20 Å². The molecule has 1 aromatic heterocycles. The Morgan fingerprint density at radius 3 is 2.88 bits per heavy atom. The zero-order valence-corrected chi connectivity index (χ0v) is 10.3. The highest BCUT2D eigenvalue weighted by molar-refractivity contribution is 5.34. The van der Waals surface area contributed by atoms with Crippen LogP contribution >= 0.6 is 0 Å². The first kappa shape index (κ1) is 10.9. The zero-order valence-electron chi connectivity index (χ0n) is 10.3. The number of aromatic nitrogens is 2. The lowest BCUT2D eigenvalue weighted by atomic mass is 10.1. The predicted octanol–water partition coefficient (Wildman–Crippen LogP) is -0.126. The van der Waals surface area contributed by atoms with Crippen LogP contribution in [0.4, 0.5) is 5.95 Å². The molecular weight excluding hydrogens is 214 g/mol. The van der Waals surface area contributed by atoms with Gasteiger partial charge in [0.05, 0.1) is 5.69 Å². The van der Waals surface area contributed by atoms with Crippen molar-refractivity contribution in [1.82, 2.24) is 20.2 Å². The minimum absolute atomic E-state index is 0.912. The fraction of sp³-hybridized carbons (Fsp3) is 0.667. The third-order valence-electron chi connectivity index (χ3n) is 3.51. The van der Waals surface area contributed by atoms with E-state index in [0.29, 0.717) is 0 Å². The van der Waals surface area contributed by atoms with Crippen LogP contribution in [0.25, 0.3) is 0 Å². The van der Waals surface area contributed by atoms with Crippen LogP contribution < -0.4 is 10.2 Å². The fourth-order valence-corrected chi connectivity index (χ4v) is 2.46. The molecule has 3 rings (SSSR count). The number of hydrogen-bond donors (Lipinski definition) is 1. The number of fused-ring (bicyclic) bond motifs is 1. The molecule has 1 aromatic rings. The number of anilines is 1. The Balaban J connectivity index is 1.82. The fourth-order valence-electron chi connectivity index (χ4n) is 2.46. The summed E-state index contributed by atoms with van der Waals surface area (Å²) >= 11 is 0. The number of likely N-dealkylation sites (N-methyl/N-ethyl adjacent to an activating group) is 1. The molecule has 2 aliphatic heterocycles. The molecule has 0 saturated carbocycles. The molecule has 17 heavy (non-hydrogen) atoms. The van der Waals surface area contributed by atoms with Crippen molar-refractivity contribution in [1.29, 1.82) is 0 Å². The van der Waals surface area contributed by atoms with Crippen molar-refractivity contribution in [3.05, 3.63) is 17.5 Å². The van der Waals surface area contributed by atoms with Crippen LogP contribution in [-0.4, -0.2) is 54.6 Å². The third-order valence-corrected chi connectivity index (χ3v) is 3.51. The monoisotopic (exact) mass is 233 g/mol. The molecule has 0 unspecified atom stereocenters. The van der Waals surface area contributed by atoms with Crippen molar-refractivity contribution in [3.63, 3.8) is 0 Å². The quantitative estimate of drug-likeness (QED) is 0.732. The Morgan fingerprint density at radius 1 is 1.24 bits per heavy atom. The Bertz CT molecular complexity index is 400. The minimum Gasteiger partial charge on any atom is -0.338 e. The molecular formula is C12H19N5. The maximum Gasteiger partial charge on any atom is 0.225 e. The van der Waals surface area contributed by atoms with E-state index >= 15 is 0 Å². The number of nitrogens with one attached hydrogen (secondary N) is 1. The summed E-state index contributed by atoms with van der Waals surface area (Å²) in [6.07, 6.45) is 3.06. The van der Waals surface area contributed by atoms with Crippen LogP contribution in [0.5, 0.6) is 0 Å². The number of nitrogens with zero attached hydrogens (tertiary/aromatic N) is 4. The second-order valence-electron chi connectivity index (χ2n) is 4.87. The van der Waals surface area contributed by atoms with Crippen LogP contribution in [0, 0.1) is 0 Å².